The minimum absolute atomic E-state index is 0.250. The van der Waals surface area contributed by atoms with Crippen molar-refractivity contribution >= 4 is 35.0 Å². The molecule has 2 amide bonds. The summed E-state index contributed by atoms with van der Waals surface area (Å²) in [6.45, 7) is 2.35. The minimum atomic E-state index is -0.573. The van der Waals surface area contributed by atoms with E-state index < -0.39 is 6.09 Å². The Morgan fingerprint density at radius 2 is 1.69 bits per heavy atom. The highest BCUT2D eigenvalue weighted by Gasteiger charge is 2.08. The lowest BCUT2D eigenvalue weighted by Gasteiger charge is -2.09. The lowest BCUT2D eigenvalue weighted by Crippen LogP contribution is -2.23. The Balaban J connectivity index is 0.000000444. The zero-order valence-corrected chi connectivity index (χ0v) is 20.8. The van der Waals surface area contributed by atoms with Crippen molar-refractivity contribution in [2.45, 2.75) is 13.5 Å². The number of carbonyl (C=O) groups excluding carboxylic acids is 2. The van der Waals surface area contributed by atoms with Crippen molar-refractivity contribution in [2.24, 2.45) is 0 Å². The quantitative estimate of drug-likeness (QED) is 0.286. The lowest BCUT2D eigenvalue weighted by atomic mass is 10.1. The lowest BCUT2D eigenvalue weighted by molar-refractivity contribution is 0.0950. The van der Waals surface area contributed by atoms with E-state index in [4.69, 9.17) is 17.3 Å². The van der Waals surface area contributed by atoms with Gasteiger partial charge in [0, 0.05) is 39.3 Å². The summed E-state index contributed by atoms with van der Waals surface area (Å²) in [5.41, 5.74) is 11.3. The van der Waals surface area contributed by atoms with Crippen LogP contribution in [0.4, 0.5) is 16.2 Å². The van der Waals surface area contributed by atoms with E-state index in [1.54, 1.807) is 48.7 Å². The van der Waals surface area contributed by atoms with Gasteiger partial charge in [-0.1, -0.05) is 53.6 Å². The van der Waals surface area contributed by atoms with Gasteiger partial charge in [0.05, 0.1) is 19.3 Å². The number of methoxy groups -OCH3 is 1. The maximum atomic E-state index is 12.3. The van der Waals surface area contributed by atoms with E-state index in [1.165, 1.54) is 12.7 Å². The number of aryl methyl sites for hydroxylation is 1. The fraction of sp³-hybridized carbons (Fsp3) is 0.107. The summed E-state index contributed by atoms with van der Waals surface area (Å²) in [7, 11) is 1.28. The van der Waals surface area contributed by atoms with Crippen LogP contribution in [0, 0.1) is 6.92 Å². The van der Waals surface area contributed by atoms with Gasteiger partial charge in [-0.25, -0.2) is 4.79 Å². The summed E-state index contributed by atoms with van der Waals surface area (Å²) >= 11 is 6.03. The molecule has 0 saturated carbocycles. The number of nitrogen functional groups attached to an aromatic ring is 1. The van der Waals surface area contributed by atoms with E-state index in [9.17, 15) is 9.59 Å². The number of benzene rings is 3. The van der Waals surface area contributed by atoms with Gasteiger partial charge in [0.2, 0.25) is 0 Å². The van der Waals surface area contributed by atoms with Crippen LogP contribution in [0.3, 0.4) is 0 Å². The van der Waals surface area contributed by atoms with Gasteiger partial charge in [0.1, 0.15) is 0 Å². The zero-order chi connectivity index (χ0) is 25.9. The number of hydrogen-bond acceptors (Lipinski definition) is 5. The number of rotatable bonds is 5. The monoisotopic (exact) mass is 502 g/mol. The maximum Gasteiger partial charge on any atom is 0.411 e. The third-order valence-corrected chi connectivity index (χ3v) is 5.34. The number of aromatic nitrogens is 1. The number of nitrogens with zero attached hydrogens (tertiary/aromatic N) is 1. The Morgan fingerprint density at radius 1 is 0.972 bits per heavy atom. The fourth-order valence-electron chi connectivity index (χ4n) is 3.15. The molecule has 0 aliphatic rings. The first kappa shape index (κ1) is 26.2. The largest absolute Gasteiger partial charge is 0.453 e. The molecule has 36 heavy (non-hydrogen) atoms. The summed E-state index contributed by atoms with van der Waals surface area (Å²) in [6, 6.07) is 25.7. The van der Waals surface area contributed by atoms with Crippen LogP contribution >= 0.6 is 11.6 Å². The van der Waals surface area contributed by atoms with E-state index in [1.807, 2.05) is 30.3 Å². The minimum Gasteiger partial charge on any atom is -0.453 e. The summed E-state index contributed by atoms with van der Waals surface area (Å²) in [4.78, 5) is 27.8. The molecule has 0 unspecified atom stereocenters. The van der Waals surface area contributed by atoms with Crippen molar-refractivity contribution in [1.29, 1.82) is 0 Å². The molecule has 3 aromatic carbocycles. The highest BCUT2D eigenvalue weighted by molar-refractivity contribution is 6.31. The van der Waals surface area contributed by atoms with Crippen molar-refractivity contribution in [1.82, 2.24) is 10.3 Å². The van der Waals surface area contributed by atoms with E-state index in [-0.39, 0.29) is 12.5 Å². The molecule has 0 aliphatic carbocycles. The third-order valence-electron chi connectivity index (χ3n) is 5.10. The number of hydrogen-bond donors (Lipinski definition) is 3. The number of ether oxygens (including phenoxy) is 1. The van der Waals surface area contributed by atoms with Crippen molar-refractivity contribution in [3.63, 3.8) is 0 Å². The number of pyridine rings is 1. The highest BCUT2D eigenvalue weighted by Crippen LogP contribution is 2.28. The van der Waals surface area contributed by atoms with Crippen LogP contribution in [0.1, 0.15) is 21.6 Å². The predicted octanol–water partition coefficient (Wildman–Crippen LogP) is 6.09. The van der Waals surface area contributed by atoms with Crippen LogP contribution in [0.2, 0.25) is 5.02 Å². The van der Waals surface area contributed by atoms with E-state index in [2.05, 4.69) is 39.4 Å². The molecule has 0 fully saturated rings. The molecule has 1 aromatic heterocycles. The Morgan fingerprint density at radius 3 is 2.28 bits per heavy atom. The van der Waals surface area contributed by atoms with Gasteiger partial charge >= 0.3 is 6.09 Å². The first-order chi connectivity index (χ1) is 17.4. The first-order valence-corrected chi connectivity index (χ1v) is 11.5. The molecule has 8 heteroatoms. The van der Waals surface area contributed by atoms with Gasteiger partial charge < -0.3 is 15.8 Å². The second kappa shape index (κ2) is 12.9. The Kier molecular flexibility index (Phi) is 9.42. The number of nitrogens with one attached hydrogen (secondary N) is 2. The average Bonchev–Trinajstić information content (AvgIpc) is 2.90. The summed E-state index contributed by atoms with van der Waals surface area (Å²) < 4.78 is 4.52. The zero-order valence-electron chi connectivity index (χ0n) is 20.0. The molecule has 184 valence electrons. The molecular formula is C28H27ClN4O3. The first-order valence-electron chi connectivity index (χ1n) is 11.1. The Labute approximate surface area is 215 Å². The van der Waals surface area contributed by atoms with Gasteiger partial charge in [-0.2, -0.15) is 0 Å². The van der Waals surface area contributed by atoms with Crippen LogP contribution < -0.4 is 16.4 Å². The molecule has 0 spiro atoms. The van der Waals surface area contributed by atoms with Crippen LogP contribution in [0.5, 0.6) is 0 Å². The van der Waals surface area contributed by atoms with Crippen molar-refractivity contribution in [2.75, 3.05) is 18.2 Å². The van der Waals surface area contributed by atoms with Crippen LogP contribution in [-0.2, 0) is 11.3 Å². The number of anilines is 2. The van der Waals surface area contributed by atoms with Gasteiger partial charge in [0.15, 0.2) is 0 Å². The molecule has 4 N–H and O–H groups in total. The maximum absolute atomic E-state index is 12.3. The SMILES string of the molecule is COC(=O)Nc1ccc(C(=O)NCc2ccc(-c3cc(Cl)ccc3N)cn2)cc1.Cc1ccccc1. The molecule has 0 bridgehead atoms. The number of nitrogens with two attached hydrogens (primary N) is 1. The molecule has 4 aromatic rings. The topological polar surface area (TPSA) is 106 Å². The molecule has 7 nitrogen and oxygen atoms in total. The van der Waals surface area contributed by atoms with Gasteiger partial charge in [-0.3, -0.25) is 15.1 Å². The molecule has 0 aliphatic heterocycles. The molecule has 1 heterocycles. The smallest absolute Gasteiger partial charge is 0.411 e. The highest BCUT2D eigenvalue weighted by atomic mass is 35.5. The normalized spacial score (nSPS) is 9.97. The molecule has 0 radical (unpaired) electrons. The van der Waals surface area contributed by atoms with Crippen LogP contribution in [-0.4, -0.2) is 24.1 Å². The number of halogens is 1. The van der Waals surface area contributed by atoms with Gasteiger partial charge in [-0.05, 0) is 55.5 Å². The van der Waals surface area contributed by atoms with Crippen LogP contribution in [0.15, 0.2) is 91.1 Å². The molecule has 0 saturated heterocycles. The molecule has 4 rings (SSSR count). The summed E-state index contributed by atoms with van der Waals surface area (Å²) in [6.07, 6.45) is 1.12. The van der Waals surface area contributed by atoms with Crippen molar-refractivity contribution in [3.05, 3.63) is 113 Å². The third kappa shape index (κ3) is 7.85. The second-order valence-corrected chi connectivity index (χ2v) is 8.24. The van der Waals surface area contributed by atoms with Crippen molar-refractivity contribution < 1.29 is 14.3 Å². The molecule has 0 atom stereocenters. The standard InChI is InChI=1S/C21H19ClN4O3.C7H8/c1-29-21(28)26-16-6-2-13(3-7-16)20(27)25-12-17-8-4-14(11-24-17)18-10-15(22)5-9-19(18)23;1-7-5-3-2-4-6-7/h2-11H,12,23H2,1H3,(H,25,27)(H,26,28);2-6H,1H3. The number of amides is 2. The second-order valence-electron chi connectivity index (χ2n) is 7.80. The summed E-state index contributed by atoms with van der Waals surface area (Å²) in [5, 5.41) is 5.92. The Hall–Kier alpha value is -4.36. The number of carbonyl (C=O) groups is 2. The van der Waals surface area contributed by atoms with Gasteiger partial charge in [-0.15, -0.1) is 0 Å². The van der Waals surface area contributed by atoms with E-state index >= 15 is 0 Å². The van der Waals surface area contributed by atoms with Crippen molar-refractivity contribution in [3.8, 4) is 11.1 Å². The predicted molar refractivity (Wildman–Crippen MR) is 144 cm³/mol. The van der Waals surface area contributed by atoms with Gasteiger partial charge in [0.25, 0.3) is 5.91 Å². The average molecular weight is 503 g/mol. The van der Waals surface area contributed by atoms with E-state index in [0.29, 0.717) is 27.7 Å². The fourth-order valence-corrected chi connectivity index (χ4v) is 3.32. The van der Waals surface area contributed by atoms with Crippen LogP contribution in [0.25, 0.3) is 11.1 Å². The Bertz CT molecular complexity index is 1290. The molecular weight excluding hydrogens is 476 g/mol. The summed E-state index contributed by atoms with van der Waals surface area (Å²) in [5.74, 6) is -0.250. The van der Waals surface area contributed by atoms with E-state index in [0.717, 1.165) is 11.1 Å².